The minimum atomic E-state index is -0.395. The van der Waals surface area contributed by atoms with Crippen LogP contribution in [0.4, 0.5) is 5.69 Å². The molecule has 5 nitrogen and oxygen atoms in total. The second-order valence-electron chi connectivity index (χ2n) is 3.93. The zero-order chi connectivity index (χ0) is 13.5. The number of methoxy groups -OCH3 is 1. The molecule has 18 heavy (non-hydrogen) atoms. The number of nitrogens with one attached hydrogen (secondary N) is 1. The summed E-state index contributed by atoms with van der Waals surface area (Å²) in [6.45, 7) is 3.55. The van der Waals surface area contributed by atoms with Crippen LogP contribution < -0.4 is 10.1 Å². The predicted molar refractivity (Wildman–Crippen MR) is 74.3 cm³/mol. The van der Waals surface area contributed by atoms with Crippen LogP contribution in [0.2, 0.25) is 0 Å². The number of hydrogen-bond donors (Lipinski definition) is 1. The summed E-state index contributed by atoms with van der Waals surface area (Å²) in [7, 11) is 1.56. The van der Waals surface area contributed by atoms with E-state index in [4.69, 9.17) is 4.74 Å². The lowest BCUT2D eigenvalue weighted by Crippen LogP contribution is -2.22. The molecule has 1 aromatic rings. The Balaban J connectivity index is 2.72. The molecular weight excluding hydrogens is 252 g/mol. The Morgan fingerprint density at radius 3 is 2.83 bits per heavy atom. The molecule has 0 aliphatic rings. The van der Waals surface area contributed by atoms with Gasteiger partial charge in [-0.05, 0) is 12.3 Å². The molecule has 100 valence electrons. The van der Waals surface area contributed by atoms with Crippen molar-refractivity contribution in [2.75, 3.05) is 19.9 Å². The average Bonchev–Trinajstić information content (AvgIpc) is 2.38. The number of benzene rings is 1. The number of thioether (sulfide) groups is 1. The number of nitro groups is 1. The molecule has 0 amide bonds. The van der Waals surface area contributed by atoms with Crippen LogP contribution in [0.3, 0.4) is 0 Å². The van der Waals surface area contributed by atoms with Crippen LogP contribution in [-0.2, 0) is 6.54 Å². The second kappa shape index (κ2) is 7.23. The Labute approximate surface area is 111 Å². The molecule has 0 saturated heterocycles. The van der Waals surface area contributed by atoms with Gasteiger partial charge < -0.3 is 10.1 Å². The van der Waals surface area contributed by atoms with Crippen LogP contribution in [0.1, 0.15) is 12.5 Å². The summed E-state index contributed by atoms with van der Waals surface area (Å²) in [6.07, 6.45) is 2.06. The van der Waals surface area contributed by atoms with Crippen molar-refractivity contribution in [3.05, 3.63) is 33.9 Å². The van der Waals surface area contributed by atoms with Gasteiger partial charge in [0.05, 0.1) is 12.0 Å². The van der Waals surface area contributed by atoms with Gasteiger partial charge in [-0.3, -0.25) is 10.1 Å². The Morgan fingerprint density at radius 2 is 2.28 bits per heavy atom. The highest BCUT2D eigenvalue weighted by Crippen LogP contribution is 2.23. The predicted octanol–water partition coefficient (Wildman–Crippen LogP) is 2.44. The van der Waals surface area contributed by atoms with E-state index < -0.39 is 4.92 Å². The molecule has 1 rings (SSSR count). The van der Waals surface area contributed by atoms with Crippen LogP contribution in [0.15, 0.2) is 18.2 Å². The first-order chi connectivity index (χ1) is 8.58. The van der Waals surface area contributed by atoms with Crippen LogP contribution in [-0.4, -0.2) is 30.1 Å². The summed E-state index contributed by atoms with van der Waals surface area (Å²) < 4.78 is 5.20. The molecule has 1 atom stereocenters. The summed E-state index contributed by atoms with van der Waals surface area (Å²) in [5.41, 5.74) is 0.894. The van der Waals surface area contributed by atoms with E-state index in [1.54, 1.807) is 31.0 Å². The highest BCUT2D eigenvalue weighted by molar-refractivity contribution is 7.99. The van der Waals surface area contributed by atoms with Gasteiger partial charge in [-0.1, -0.05) is 6.92 Å². The maximum Gasteiger partial charge on any atom is 0.270 e. The Kier molecular flexibility index (Phi) is 5.94. The van der Waals surface area contributed by atoms with E-state index in [1.165, 1.54) is 6.07 Å². The summed E-state index contributed by atoms with van der Waals surface area (Å²) in [5, 5.41) is 14.5. The van der Waals surface area contributed by atoms with Crippen molar-refractivity contribution in [2.24, 2.45) is 0 Å². The van der Waals surface area contributed by atoms with Gasteiger partial charge in [-0.15, -0.1) is 0 Å². The molecule has 1 aromatic carbocycles. The number of non-ortho nitro benzene ring substituents is 1. The van der Waals surface area contributed by atoms with E-state index in [-0.39, 0.29) is 5.69 Å². The highest BCUT2D eigenvalue weighted by atomic mass is 32.2. The molecular formula is C12H18N2O3S. The zero-order valence-corrected chi connectivity index (χ0v) is 11.6. The number of ether oxygens (including phenoxy) is 1. The lowest BCUT2D eigenvalue weighted by Gasteiger charge is -2.12. The van der Waals surface area contributed by atoms with Crippen LogP contribution in [0, 0.1) is 10.1 Å². The molecule has 0 aromatic heterocycles. The third-order valence-corrected chi connectivity index (χ3v) is 3.60. The molecule has 0 heterocycles. The van der Waals surface area contributed by atoms with Crippen molar-refractivity contribution in [2.45, 2.75) is 18.7 Å². The lowest BCUT2D eigenvalue weighted by molar-refractivity contribution is -0.384. The van der Waals surface area contributed by atoms with E-state index >= 15 is 0 Å². The molecule has 0 spiro atoms. The number of nitro benzene ring substituents is 1. The van der Waals surface area contributed by atoms with Crippen LogP contribution in [0.25, 0.3) is 0 Å². The largest absolute Gasteiger partial charge is 0.496 e. The molecule has 0 aliphatic carbocycles. The highest BCUT2D eigenvalue weighted by Gasteiger charge is 2.11. The van der Waals surface area contributed by atoms with Crippen LogP contribution in [0.5, 0.6) is 5.75 Å². The average molecular weight is 270 g/mol. The van der Waals surface area contributed by atoms with Gasteiger partial charge in [0.2, 0.25) is 0 Å². The van der Waals surface area contributed by atoms with Gasteiger partial charge in [-0.2, -0.15) is 11.8 Å². The molecule has 0 saturated carbocycles. The summed E-state index contributed by atoms with van der Waals surface area (Å²) in [4.78, 5) is 10.3. The minimum absolute atomic E-state index is 0.0884. The fourth-order valence-corrected chi connectivity index (χ4v) is 1.79. The van der Waals surface area contributed by atoms with E-state index in [0.717, 1.165) is 12.1 Å². The van der Waals surface area contributed by atoms with E-state index in [2.05, 4.69) is 18.5 Å². The standard InChI is InChI=1S/C12H18N2O3S/c1-9(18-3)7-13-8-10-6-11(14(15)16)4-5-12(10)17-2/h4-6,9,13H,7-8H2,1-3H3. The van der Waals surface area contributed by atoms with Crippen molar-refractivity contribution >= 4 is 17.4 Å². The third-order valence-electron chi connectivity index (χ3n) is 2.62. The SMILES string of the molecule is COc1ccc([N+](=O)[O-])cc1CNCC(C)SC. The number of nitrogens with zero attached hydrogens (tertiary/aromatic N) is 1. The smallest absolute Gasteiger partial charge is 0.270 e. The van der Waals surface area contributed by atoms with E-state index in [9.17, 15) is 10.1 Å². The summed E-state index contributed by atoms with van der Waals surface area (Å²) in [6, 6.07) is 4.63. The van der Waals surface area contributed by atoms with Crippen molar-refractivity contribution in [3.63, 3.8) is 0 Å². The van der Waals surface area contributed by atoms with Gasteiger partial charge >= 0.3 is 0 Å². The van der Waals surface area contributed by atoms with Gasteiger partial charge in [0.15, 0.2) is 0 Å². The Bertz CT molecular complexity index is 412. The second-order valence-corrected chi connectivity index (χ2v) is 5.21. The van der Waals surface area contributed by atoms with Crippen molar-refractivity contribution in [1.82, 2.24) is 5.32 Å². The first kappa shape index (κ1) is 14.8. The monoisotopic (exact) mass is 270 g/mol. The molecule has 0 fully saturated rings. The molecule has 0 aliphatic heterocycles. The maximum absolute atomic E-state index is 10.7. The van der Waals surface area contributed by atoms with Crippen molar-refractivity contribution in [3.8, 4) is 5.75 Å². The third kappa shape index (κ3) is 4.19. The first-order valence-electron chi connectivity index (χ1n) is 5.63. The van der Waals surface area contributed by atoms with Gasteiger partial charge in [0, 0.05) is 36.0 Å². The fourth-order valence-electron chi connectivity index (χ4n) is 1.51. The van der Waals surface area contributed by atoms with Crippen molar-refractivity contribution < 1.29 is 9.66 Å². The van der Waals surface area contributed by atoms with Crippen molar-refractivity contribution in [1.29, 1.82) is 0 Å². The molecule has 1 unspecified atom stereocenters. The van der Waals surface area contributed by atoms with E-state index in [0.29, 0.717) is 17.5 Å². The maximum atomic E-state index is 10.7. The fraction of sp³-hybridized carbons (Fsp3) is 0.500. The first-order valence-corrected chi connectivity index (χ1v) is 6.92. The van der Waals surface area contributed by atoms with Crippen LogP contribution >= 0.6 is 11.8 Å². The van der Waals surface area contributed by atoms with Gasteiger partial charge in [-0.25, -0.2) is 0 Å². The van der Waals surface area contributed by atoms with Gasteiger partial charge in [0.1, 0.15) is 5.75 Å². The Morgan fingerprint density at radius 1 is 1.56 bits per heavy atom. The zero-order valence-electron chi connectivity index (χ0n) is 10.8. The normalized spacial score (nSPS) is 12.2. The number of rotatable bonds is 7. The molecule has 1 N–H and O–H groups in total. The minimum Gasteiger partial charge on any atom is -0.496 e. The molecule has 0 bridgehead atoms. The quantitative estimate of drug-likeness (QED) is 0.609. The number of hydrogen-bond acceptors (Lipinski definition) is 5. The summed E-state index contributed by atoms with van der Waals surface area (Å²) in [5.74, 6) is 0.671. The van der Waals surface area contributed by atoms with E-state index in [1.807, 2.05) is 0 Å². The topological polar surface area (TPSA) is 64.4 Å². The molecule has 0 radical (unpaired) electrons. The lowest BCUT2D eigenvalue weighted by atomic mass is 10.1. The molecule has 6 heteroatoms. The Hall–Kier alpha value is -1.27. The van der Waals surface area contributed by atoms with Gasteiger partial charge in [0.25, 0.3) is 5.69 Å². The summed E-state index contributed by atoms with van der Waals surface area (Å²) >= 11 is 1.78.